The highest BCUT2D eigenvalue weighted by Gasteiger charge is 2.31. The lowest BCUT2D eigenvalue weighted by molar-refractivity contribution is -0.385. The highest BCUT2D eigenvalue weighted by Crippen LogP contribution is 2.24. The smallest absolute Gasteiger partial charge is 0.282 e. The molecule has 1 aromatic rings. The maximum absolute atomic E-state index is 12.4. The number of nitro benzene ring substituents is 1. The van der Waals surface area contributed by atoms with Crippen LogP contribution in [0.25, 0.3) is 0 Å². The molecule has 0 heterocycles. The largest absolute Gasteiger partial charge is 0.345 e. The van der Waals surface area contributed by atoms with Crippen molar-refractivity contribution in [2.45, 2.75) is 39.2 Å². The van der Waals surface area contributed by atoms with Gasteiger partial charge in [0.05, 0.1) is 10.5 Å². The number of carbonyl (C=O) groups excluding carboxylic acids is 1. The molecule has 6 heteroatoms. The molecule has 110 valence electrons. The first kappa shape index (κ1) is 16.4. The zero-order valence-electron chi connectivity index (χ0n) is 11.9. The standard InChI is InChI=1S/C14H19ClN2O3/c1-4-14(5-2,9-15)16-13(18)12-10(3)7-6-8-11(12)17(19)20/h6-8H,4-5,9H2,1-3H3,(H,16,18). The summed E-state index contributed by atoms with van der Waals surface area (Å²) in [6, 6.07) is 4.59. The molecule has 0 aliphatic heterocycles. The van der Waals surface area contributed by atoms with Crippen LogP contribution in [0.4, 0.5) is 5.69 Å². The molecule has 1 amide bonds. The van der Waals surface area contributed by atoms with Crippen LogP contribution in [0.5, 0.6) is 0 Å². The number of nitrogens with one attached hydrogen (secondary N) is 1. The molecule has 0 radical (unpaired) electrons. The third-order valence-electron chi connectivity index (χ3n) is 3.66. The van der Waals surface area contributed by atoms with Gasteiger partial charge in [0, 0.05) is 11.9 Å². The van der Waals surface area contributed by atoms with Gasteiger partial charge < -0.3 is 5.32 Å². The van der Waals surface area contributed by atoms with Crippen molar-refractivity contribution in [1.29, 1.82) is 0 Å². The number of nitro groups is 1. The number of hydrogen-bond donors (Lipinski definition) is 1. The molecule has 0 saturated carbocycles. The van der Waals surface area contributed by atoms with Crippen LogP contribution in [-0.4, -0.2) is 22.2 Å². The third kappa shape index (κ3) is 3.28. The van der Waals surface area contributed by atoms with Crippen molar-refractivity contribution in [3.05, 3.63) is 39.4 Å². The van der Waals surface area contributed by atoms with Gasteiger partial charge in [-0.15, -0.1) is 11.6 Å². The Balaban J connectivity index is 3.19. The summed E-state index contributed by atoms with van der Waals surface area (Å²) in [4.78, 5) is 22.9. The summed E-state index contributed by atoms with van der Waals surface area (Å²) in [5.74, 6) is -0.176. The Hall–Kier alpha value is -1.62. The first-order chi connectivity index (χ1) is 9.40. The van der Waals surface area contributed by atoms with Gasteiger partial charge in [0.1, 0.15) is 5.56 Å². The maximum atomic E-state index is 12.4. The predicted octanol–water partition coefficient (Wildman–Crippen LogP) is 3.43. The van der Waals surface area contributed by atoms with E-state index >= 15 is 0 Å². The van der Waals surface area contributed by atoms with Crippen LogP contribution in [0.3, 0.4) is 0 Å². The zero-order chi connectivity index (χ0) is 15.3. The summed E-state index contributed by atoms with van der Waals surface area (Å²) in [6.45, 7) is 5.54. The molecule has 20 heavy (non-hydrogen) atoms. The van der Waals surface area contributed by atoms with E-state index in [-0.39, 0.29) is 17.1 Å². The molecule has 0 saturated heterocycles. The Bertz CT molecular complexity index is 505. The fraction of sp³-hybridized carbons (Fsp3) is 0.500. The lowest BCUT2D eigenvalue weighted by Crippen LogP contribution is -2.49. The minimum atomic E-state index is -0.540. The number of nitrogens with zero attached hydrogens (tertiary/aromatic N) is 1. The fourth-order valence-corrected chi connectivity index (χ4v) is 2.50. The highest BCUT2D eigenvalue weighted by atomic mass is 35.5. The van der Waals surface area contributed by atoms with Crippen LogP contribution in [-0.2, 0) is 0 Å². The Labute approximate surface area is 123 Å². The number of alkyl halides is 1. The van der Waals surface area contributed by atoms with E-state index in [2.05, 4.69) is 5.32 Å². The number of amides is 1. The predicted molar refractivity (Wildman–Crippen MR) is 79.3 cm³/mol. The minimum Gasteiger partial charge on any atom is -0.345 e. The van der Waals surface area contributed by atoms with Gasteiger partial charge in [-0.2, -0.15) is 0 Å². The van der Waals surface area contributed by atoms with E-state index in [4.69, 9.17) is 11.6 Å². The first-order valence-electron chi connectivity index (χ1n) is 6.53. The lowest BCUT2D eigenvalue weighted by atomic mass is 9.94. The van der Waals surface area contributed by atoms with Crippen molar-refractivity contribution in [2.24, 2.45) is 0 Å². The average Bonchev–Trinajstić information content (AvgIpc) is 2.44. The van der Waals surface area contributed by atoms with E-state index in [0.29, 0.717) is 18.4 Å². The van der Waals surface area contributed by atoms with E-state index in [9.17, 15) is 14.9 Å². The maximum Gasteiger partial charge on any atom is 0.282 e. The van der Waals surface area contributed by atoms with E-state index < -0.39 is 16.4 Å². The Kier molecular flexibility index (Phi) is 5.51. The second-order valence-electron chi connectivity index (χ2n) is 4.80. The molecule has 0 fully saturated rings. The van der Waals surface area contributed by atoms with Crippen molar-refractivity contribution in [3.8, 4) is 0 Å². The van der Waals surface area contributed by atoms with E-state index in [1.807, 2.05) is 13.8 Å². The number of aryl methyl sites for hydroxylation is 1. The summed E-state index contributed by atoms with van der Waals surface area (Å²) in [7, 11) is 0. The molecular formula is C14H19ClN2O3. The lowest BCUT2D eigenvalue weighted by Gasteiger charge is -2.30. The van der Waals surface area contributed by atoms with Crippen LogP contribution in [0.15, 0.2) is 18.2 Å². The van der Waals surface area contributed by atoms with Crippen molar-refractivity contribution >= 4 is 23.2 Å². The SMILES string of the molecule is CCC(CC)(CCl)NC(=O)c1c(C)cccc1[N+](=O)[O-]. The molecule has 0 aromatic heterocycles. The Morgan fingerprint density at radius 2 is 2.00 bits per heavy atom. The van der Waals surface area contributed by atoms with Crippen LogP contribution in [0.2, 0.25) is 0 Å². The van der Waals surface area contributed by atoms with Crippen molar-refractivity contribution in [2.75, 3.05) is 5.88 Å². The molecule has 0 aliphatic carbocycles. The summed E-state index contributed by atoms with van der Waals surface area (Å²) in [5, 5.41) is 13.9. The van der Waals surface area contributed by atoms with Gasteiger partial charge in [-0.3, -0.25) is 14.9 Å². The molecule has 1 aromatic carbocycles. The van der Waals surface area contributed by atoms with Gasteiger partial charge in [0.15, 0.2) is 0 Å². The molecule has 0 atom stereocenters. The second-order valence-corrected chi connectivity index (χ2v) is 5.07. The normalized spacial score (nSPS) is 11.2. The van der Waals surface area contributed by atoms with E-state index in [1.165, 1.54) is 6.07 Å². The van der Waals surface area contributed by atoms with Gasteiger partial charge in [-0.05, 0) is 25.3 Å². The molecule has 5 nitrogen and oxygen atoms in total. The quantitative estimate of drug-likeness (QED) is 0.497. The molecule has 0 unspecified atom stereocenters. The number of rotatable bonds is 6. The summed E-state index contributed by atoms with van der Waals surface area (Å²) < 4.78 is 0. The monoisotopic (exact) mass is 298 g/mol. The molecular weight excluding hydrogens is 280 g/mol. The van der Waals surface area contributed by atoms with Gasteiger partial charge in [-0.1, -0.05) is 26.0 Å². The van der Waals surface area contributed by atoms with Crippen molar-refractivity contribution in [1.82, 2.24) is 5.32 Å². The molecule has 1 rings (SSSR count). The Morgan fingerprint density at radius 1 is 1.40 bits per heavy atom. The van der Waals surface area contributed by atoms with Crippen LogP contribution in [0.1, 0.15) is 42.6 Å². The Morgan fingerprint density at radius 3 is 2.45 bits per heavy atom. The third-order valence-corrected chi connectivity index (χ3v) is 4.17. The van der Waals surface area contributed by atoms with Gasteiger partial charge >= 0.3 is 0 Å². The fourth-order valence-electron chi connectivity index (χ4n) is 2.05. The molecule has 0 bridgehead atoms. The van der Waals surface area contributed by atoms with Crippen LogP contribution < -0.4 is 5.32 Å². The number of carbonyl (C=O) groups is 1. The van der Waals surface area contributed by atoms with E-state index in [0.717, 1.165) is 0 Å². The number of halogens is 1. The first-order valence-corrected chi connectivity index (χ1v) is 7.06. The summed E-state index contributed by atoms with van der Waals surface area (Å²) in [5.41, 5.74) is -0.0335. The topological polar surface area (TPSA) is 72.2 Å². The van der Waals surface area contributed by atoms with Gasteiger partial charge in [0.25, 0.3) is 11.6 Å². The summed E-state index contributed by atoms with van der Waals surface area (Å²) in [6.07, 6.45) is 1.33. The number of hydrogen-bond acceptors (Lipinski definition) is 3. The molecule has 1 N–H and O–H groups in total. The van der Waals surface area contributed by atoms with Gasteiger partial charge in [0.2, 0.25) is 0 Å². The minimum absolute atomic E-state index is 0.105. The van der Waals surface area contributed by atoms with Crippen molar-refractivity contribution in [3.63, 3.8) is 0 Å². The highest BCUT2D eigenvalue weighted by molar-refractivity contribution is 6.19. The van der Waals surface area contributed by atoms with Crippen LogP contribution >= 0.6 is 11.6 Å². The van der Waals surface area contributed by atoms with Gasteiger partial charge in [-0.25, -0.2) is 0 Å². The summed E-state index contributed by atoms with van der Waals surface area (Å²) >= 11 is 5.95. The number of benzene rings is 1. The average molecular weight is 299 g/mol. The van der Waals surface area contributed by atoms with Crippen LogP contribution in [0, 0.1) is 17.0 Å². The van der Waals surface area contributed by atoms with Crippen molar-refractivity contribution < 1.29 is 9.72 Å². The van der Waals surface area contributed by atoms with E-state index in [1.54, 1.807) is 19.1 Å². The second kappa shape index (κ2) is 6.70. The zero-order valence-corrected chi connectivity index (χ0v) is 12.7. The molecule has 0 spiro atoms. The molecule has 0 aliphatic rings.